The Morgan fingerprint density at radius 3 is 2.43 bits per heavy atom. The Bertz CT molecular complexity index is 1550. The predicted molar refractivity (Wildman–Crippen MR) is 193 cm³/mol. The van der Waals surface area contributed by atoms with Gasteiger partial charge < -0.3 is 10.2 Å². The van der Waals surface area contributed by atoms with Crippen molar-refractivity contribution in [2.75, 3.05) is 30.8 Å². The Morgan fingerprint density at radius 2 is 1.67 bits per heavy atom. The highest BCUT2D eigenvalue weighted by Crippen LogP contribution is 2.48. The second kappa shape index (κ2) is 15.2. The topological polar surface area (TPSA) is 57.0 Å². The normalized spacial score (nSPS) is 20.1. The average molecular weight is 643 g/mol. The molecule has 0 radical (unpaired) electrons. The minimum Gasteiger partial charge on any atom is -0.388 e. The summed E-state index contributed by atoms with van der Waals surface area (Å²) in [6, 6.07) is 17.7. The molecule has 2 N–H and O–H groups in total. The van der Waals surface area contributed by atoms with Gasteiger partial charge in [0.25, 0.3) is 0 Å². The van der Waals surface area contributed by atoms with Gasteiger partial charge in [-0.2, -0.15) is 4.58 Å². The molecule has 0 spiro atoms. The highest BCUT2D eigenvalue weighted by atomic mass is 32.2. The molecule has 0 aromatic heterocycles. The number of para-hydroxylation sites is 2. The standard InChI is InChI=1S/C39H51N3O3S/c1-7-8-13-26-41-33-18-11-9-16-31(33)38(2,3)35(41)24-22-29-20-21-30(37(29)40-6)23-25-36-39(4,5)32-17-10-12-19-34(32)42(36)27-14-15-28-46-45-44-43/h9-12,16-19,22-25,43H,7-8,13-15,20-21,26-28H2,1-6H3/p+1. The lowest BCUT2D eigenvalue weighted by Crippen LogP contribution is -2.28. The number of anilines is 1. The zero-order valence-corrected chi connectivity index (χ0v) is 29.4. The molecule has 5 rings (SSSR count). The average Bonchev–Trinajstić information content (AvgIpc) is 3.62. The van der Waals surface area contributed by atoms with Gasteiger partial charge in [-0.05, 0) is 74.8 Å². The van der Waals surface area contributed by atoms with Gasteiger partial charge in [0.15, 0.2) is 5.71 Å². The quantitative estimate of drug-likeness (QED) is 0.0664. The number of hydrogen-bond donors (Lipinski definition) is 2. The first-order valence-corrected chi connectivity index (χ1v) is 17.9. The van der Waals surface area contributed by atoms with Gasteiger partial charge in [0.05, 0.1) is 5.41 Å². The van der Waals surface area contributed by atoms with Crippen molar-refractivity contribution in [2.24, 2.45) is 0 Å². The summed E-state index contributed by atoms with van der Waals surface area (Å²) in [5, 5.41) is 15.7. The fourth-order valence-electron chi connectivity index (χ4n) is 7.51. The zero-order valence-electron chi connectivity index (χ0n) is 28.6. The third-order valence-corrected chi connectivity index (χ3v) is 10.6. The number of likely N-dealkylation sites (N-methyl/N-ethyl adjacent to an activating group) is 1. The van der Waals surface area contributed by atoms with Crippen LogP contribution in [0.1, 0.15) is 90.7 Å². The molecule has 0 saturated carbocycles. The lowest BCUT2D eigenvalue weighted by molar-refractivity contribution is -0.438. The molecule has 1 aliphatic carbocycles. The van der Waals surface area contributed by atoms with E-state index in [-0.39, 0.29) is 10.8 Å². The molecular formula is C39H52N3O3S+. The fourth-order valence-corrected chi connectivity index (χ4v) is 7.94. The number of unbranched alkanes of at least 4 members (excludes halogenated alkanes) is 3. The second-order valence-electron chi connectivity index (χ2n) is 13.6. The molecule has 7 heteroatoms. The lowest BCUT2D eigenvalue weighted by Gasteiger charge is -2.27. The second-order valence-corrected chi connectivity index (χ2v) is 14.4. The molecule has 3 aliphatic rings. The van der Waals surface area contributed by atoms with Crippen molar-refractivity contribution in [3.63, 3.8) is 0 Å². The number of nitrogens with zero attached hydrogens (tertiary/aromatic N) is 2. The van der Waals surface area contributed by atoms with Crippen LogP contribution in [0.2, 0.25) is 0 Å². The van der Waals surface area contributed by atoms with Crippen LogP contribution in [0.4, 0.5) is 11.4 Å². The van der Waals surface area contributed by atoms with Gasteiger partial charge in [0.1, 0.15) is 6.54 Å². The Morgan fingerprint density at radius 1 is 0.913 bits per heavy atom. The van der Waals surface area contributed by atoms with Gasteiger partial charge in [0.2, 0.25) is 5.69 Å². The van der Waals surface area contributed by atoms with Crippen LogP contribution < -0.4 is 10.2 Å². The predicted octanol–water partition coefficient (Wildman–Crippen LogP) is 9.53. The molecule has 2 aromatic carbocycles. The monoisotopic (exact) mass is 642 g/mol. The first kappa shape index (κ1) is 34.2. The van der Waals surface area contributed by atoms with Crippen molar-refractivity contribution in [1.82, 2.24) is 5.32 Å². The Balaban J connectivity index is 1.42. The molecule has 2 heterocycles. The molecule has 0 bridgehead atoms. The lowest BCUT2D eigenvalue weighted by atomic mass is 9.81. The van der Waals surface area contributed by atoms with E-state index in [4.69, 9.17) is 5.26 Å². The fraction of sp³-hybridized carbons (Fsp3) is 0.462. The smallest absolute Gasteiger partial charge is 0.209 e. The highest BCUT2D eigenvalue weighted by molar-refractivity contribution is 7.94. The van der Waals surface area contributed by atoms with Crippen molar-refractivity contribution in [1.29, 1.82) is 0 Å². The number of benzene rings is 2. The molecular weight excluding hydrogens is 591 g/mol. The van der Waals surface area contributed by atoms with Crippen LogP contribution in [-0.4, -0.2) is 41.4 Å². The molecule has 2 aromatic rings. The molecule has 6 nitrogen and oxygen atoms in total. The number of nitrogens with one attached hydrogen (secondary N) is 1. The summed E-state index contributed by atoms with van der Waals surface area (Å²) in [6.07, 6.45) is 17.2. The van der Waals surface area contributed by atoms with Gasteiger partial charge in [-0.25, -0.2) is 5.26 Å². The molecule has 0 saturated heterocycles. The minimum atomic E-state index is -0.0952. The third-order valence-electron chi connectivity index (χ3n) is 9.96. The van der Waals surface area contributed by atoms with E-state index in [1.165, 1.54) is 70.0 Å². The van der Waals surface area contributed by atoms with Crippen molar-refractivity contribution in [3.8, 4) is 0 Å². The maximum Gasteiger partial charge on any atom is 0.209 e. The summed E-state index contributed by atoms with van der Waals surface area (Å²) in [5.74, 6) is 0.758. The first-order chi connectivity index (χ1) is 22.2. The molecule has 2 aliphatic heterocycles. The molecule has 0 unspecified atom stereocenters. The first-order valence-electron chi connectivity index (χ1n) is 17.0. The summed E-state index contributed by atoms with van der Waals surface area (Å²) in [5.41, 5.74) is 12.0. The van der Waals surface area contributed by atoms with Crippen LogP contribution in [0.5, 0.6) is 0 Å². The van der Waals surface area contributed by atoms with Crippen LogP contribution in [0.3, 0.4) is 0 Å². The van der Waals surface area contributed by atoms with E-state index >= 15 is 0 Å². The van der Waals surface area contributed by atoms with Gasteiger partial charge in [0, 0.05) is 78.0 Å². The van der Waals surface area contributed by atoms with E-state index in [9.17, 15) is 0 Å². The molecule has 0 atom stereocenters. The van der Waals surface area contributed by atoms with Crippen molar-refractivity contribution < 1.29 is 19.2 Å². The third kappa shape index (κ3) is 6.93. The highest BCUT2D eigenvalue weighted by Gasteiger charge is 2.44. The van der Waals surface area contributed by atoms with Crippen molar-refractivity contribution in [3.05, 3.63) is 107 Å². The Labute approximate surface area is 280 Å². The summed E-state index contributed by atoms with van der Waals surface area (Å²) in [4.78, 5) is 2.49. The van der Waals surface area contributed by atoms with E-state index < -0.39 is 0 Å². The van der Waals surface area contributed by atoms with E-state index in [1.54, 1.807) is 0 Å². The minimum absolute atomic E-state index is 0.0355. The van der Waals surface area contributed by atoms with Gasteiger partial charge in [-0.15, -0.1) is 4.33 Å². The molecule has 0 amide bonds. The summed E-state index contributed by atoms with van der Waals surface area (Å²) in [6.45, 7) is 13.7. The van der Waals surface area contributed by atoms with Crippen LogP contribution in [0.25, 0.3) is 0 Å². The number of rotatable bonds is 15. The van der Waals surface area contributed by atoms with Crippen LogP contribution >= 0.6 is 12.0 Å². The molecule has 46 heavy (non-hydrogen) atoms. The van der Waals surface area contributed by atoms with Crippen LogP contribution in [0, 0.1) is 0 Å². The largest absolute Gasteiger partial charge is 0.388 e. The van der Waals surface area contributed by atoms with Gasteiger partial charge in [-0.3, -0.25) is 0 Å². The van der Waals surface area contributed by atoms with Gasteiger partial charge in [-0.1, -0.05) is 80.8 Å². The summed E-state index contributed by atoms with van der Waals surface area (Å²) < 4.78 is 7.12. The van der Waals surface area contributed by atoms with Gasteiger partial charge >= 0.3 is 0 Å². The van der Waals surface area contributed by atoms with Crippen LogP contribution in [-0.2, 0) is 20.2 Å². The van der Waals surface area contributed by atoms with E-state index in [0.717, 1.165) is 56.6 Å². The Hall–Kier alpha value is -3.10. The maximum absolute atomic E-state index is 8.40. The van der Waals surface area contributed by atoms with Crippen molar-refractivity contribution in [2.45, 2.75) is 90.4 Å². The molecule has 0 fully saturated rings. The van der Waals surface area contributed by atoms with E-state index in [1.807, 2.05) is 0 Å². The van der Waals surface area contributed by atoms with Crippen molar-refractivity contribution >= 4 is 29.1 Å². The number of hydrogen-bond acceptors (Lipinski definition) is 6. The summed E-state index contributed by atoms with van der Waals surface area (Å²) in [7, 11) is 2.06. The number of allylic oxidation sites excluding steroid dienone is 7. The van der Waals surface area contributed by atoms with E-state index in [2.05, 4.69) is 139 Å². The SMILES string of the molecule is CCCCC[N+]1=C(C=CC2=C(NC)C(=CC=C3N(CCCCSOOO)c4ccccc4C3(C)C)CC2)C(C)(C)c2ccccc21. The molecule has 246 valence electrons. The zero-order chi connectivity index (χ0) is 32.7. The van der Waals surface area contributed by atoms with Crippen LogP contribution in [0.15, 0.2) is 95.4 Å². The van der Waals surface area contributed by atoms with E-state index in [0.29, 0.717) is 0 Å². The summed E-state index contributed by atoms with van der Waals surface area (Å²) >= 11 is 1.13. The maximum atomic E-state index is 8.40. The Kier molecular flexibility index (Phi) is 11.3. The number of fused-ring (bicyclic) bond motifs is 2.